The summed E-state index contributed by atoms with van der Waals surface area (Å²) in [6.45, 7) is 1.93. The molecule has 0 bridgehead atoms. The molecule has 2 nitrogen and oxygen atoms in total. The fraction of sp³-hybridized carbons (Fsp3) is 0.364. The highest BCUT2D eigenvalue weighted by atomic mass is 16.1. The molecule has 2 N–H and O–H groups in total. The molecule has 1 aromatic carbocycles. The van der Waals surface area contributed by atoms with Crippen molar-refractivity contribution in [2.24, 2.45) is 0 Å². The third-order valence-corrected chi connectivity index (χ3v) is 2.72. The van der Waals surface area contributed by atoms with Crippen molar-refractivity contribution < 1.29 is 4.79 Å². The van der Waals surface area contributed by atoms with Gasteiger partial charge in [-0.05, 0) is 37.0 Å². The van der Waals surface area contributed by atoms with Crippen LogP contribution in [0.25, 0.3) is 0 Å². The van der Waals surface area contributed by atoms with Crippen LogP contribution in [0.5, 0.6) is 0 Å². The predicted molar refractivity (Wildman–Crippen MR) is 52.9 cm³/mol. The van der Waals surface area contributed by atoms with E-state index in [2.05, 4.69) is 0 Å². The van der Waals surface area contributed by atoms with Crippen molar-refractivity contribution in [1.29, 1.82) is 0 Å². The van der Waals surface area contributed by atoms with Gasteiger partial charge in [0.2, 0.25) is 0 Å². The van der Waals surface area contributed by atoms with Gasteiger partial charge in [0.05, 0.1) is 0 Å². The monoisotopic (exact) mass is 175 g/mol. The van der Waals surface area contributed by atoms with Gasteiger partial charge in [0.25, 0.3) is 0 Å². The summed E-state index contributed by atoms with van der Waals surface area (Å²) in [7, 11) is 0. The summed E-state index contributed by atoms with van der Waals surface area (Å²) in [5.41, 5.74) is 9.50. The Labute approximate surface area is 77.8 Å². The molecule has 2 heteroatoms. The van der Waals surface area contributed by atoms with Gasteiger partial charge in [-0.3, -0.25) is 4.79 Å². The molecule has 0 atom stereocenters. The van der Waals surface area contributed by atoms with Crippen molar-refractivity contribution in [3.8, 4) is 0 Å². The molecule has 0 fully saturated rings. The quantitative estimate of drug-likeness (QED) is 0.613. The Morgan fingerprint density at radius 3 is 2.85 bits per heavy atom. The van der Waals surface area contributed by atoms with Crippen LogP contribution in [-0.4, -0.2) is 5.78 Å². The highest BCUT2D eigenvalue weighted by molar-refractivity contribution is 6.00. The first kappa shape index (κ1) is 8.30. The first-order valence-electron chi connectivity index (χ1n) is 4.61. The van der Waals surface area contributed by atoms with E-state index >= 15 is 0 Å². The van der Waals surface area contributed by atoms with Crippen LogP contribution in [-0.2, 0) is 6.42 Å². The molecule has 0 heterocycles. The minimum absolute atomic E-state index is 0.256. The lowest BCUT2D eigenvalue weighted by atomic mass is 9.87. The van der Waals surface area contributed by atoms with E-state index in [1.165, 1.54) is 5.56 Å². The van der Waals surface area contributed by atoms with Crippen molar-refractivity contribution in [2.75, 3.05) is 5.73 Å². The largest absolute Gasteiger partial charge is 0.398 e. The lowest BCUT2D eigenvalue weighted by molar-refractivity contribution is 0.0972. The van der Waals surface area contributed by atoms with Crippen LogP contribution < -0.4 is 5.73 Å². The summed E-state index contributed by atoms with van der Waals surface area (Å²) in [5.74, 6) is 0.256. The molecule has 0 saturated heterocycles. The van der Waals surface area contributed by atoms with E-state index in [1.807, 2.05) is 19.1 Å². The Hall–Kier alpha value is -1.31. The fourth-order valence-corrected chi connectivity index (χ4v) is 1.94. The molecule has 0 radical (unpaired) electrons. The number of anilines is 1. The number of Topliss-reactive ketones (excluding diaryl/α,β-unsaturated/α-hetero) is 1. The molecule has 13 heavy (non-hydrogen) atoms. The summed E-state index contributed by atoms with van der Waals surface area (Å²) in [6, 6.07) is 3.88. The van der Waals surface area contributed by atoms with Crippen LogP contribution in [0.15, 0.2) is 12.1 Å². The van der Waals surface area contributed by atoms with Gasteiger partial charge < -0.3 is 5.73 Å². The average Bonchev–Trinajstić information content (AvgIpc) is 2.12. The van der Waals surface area contributed by atoms with Crippen LogP contribution in [0, 0.1) is 6.92 Å². The molecule has 0 saturated carbocycles. The molecular formula is C11H13NO. The average molecular weight is 175 g/mol. The number of hydrogen-bond acceptors (Lipinski definition) is 2. The number of nitrogens with two attached hydrogens (primary N) is 1. The third kappa shape index (κ3) is 1.22. The molecule has 0 amide bonds. The molecule has 0 aromatic heterocycles. The minimum Gasteiger partial charge on any atom is -0.398 e. The van der Waals surface area contributed by atoms with Crippen molar-refractivity contribution >= 4 is 11.5 Å². The lowest BCUT2D eigenvalue weighted by Crippen LogP contribution is -2.13. The second-order valence-corrected chi connectivity index (χ2v) is 3.59. The number of carbonyl (C=O) groups excluding carboxylic acids is 1. The van der Waals surface area contributed by atoms with Gasteiger partial charge in [0.1, 0.15) is 0 Å². The van der Waals surface area contributed by atoms with Gasteiger partial charge in [-0.2, -0.15) is 0 Å². The number of hydrogen-bond donors (Lipinski definition) is 1. The maximum atomic E-state index is 11.6. The first-order chi connectivity index (χ1) is 6.20. The van der Waals surface area contributed by atoms with Crippen LogP contribution in [0.2, 0.25) is 0 Å². The molecule has 1 aliphatic rings. The zero-order valence-corrected chi connectivity index (χ0v) is 7.76. The van der Waals surface area contributed by atoms with E-state index in [1.54, 1.807) is 0 Å². The normalized spacial score (nSPS) is 15.6. The predicted octanol–water partition coefficient (Wildman–Crippen LogP) is 2.10. The topological polar surface area (TPSA) is 43.1 Å². The fourth-order valence-electron chi connectivity index (χ4n) is 1.94. The highest BCUT2D eigenvalue weighted by Crippen LogP contribution is 2.27. The third-order valence-electron chi connectivity index (χ3n) is 2.72. The second kappa shape index (κ2) is 2.87. The Morgan fingerprint density at radius 2 is 2.08 bits per heavy atom. The van der Waals surface area contributed by atoms with Crippen LogP contribution >= 0.6 is 0 Å². The van der Waals surface area contributed by atoms with Gasteiger partial charge in [0.15, 0.2) is 5.78 Å². The van der Waals surface area contributed by atoms with E-state index in [9.17, 15) is 4.79 Å². The summed E-state index contributed by atoms with van der Waals surface area (Å²) in [4.78, 5) is 11.6. The van der Waals surface area contributed by atoms with Crippen molar-refractivity contribution in [3.05, 3.63) is 28.8 Å². The van der Waals surface area contributed by atoms with Gasteiger partial charge in [0, 0.05) is 17.7 Å². The minimum atomic E-state index is 0.256. The van der Waals surface area contributed by atoms with Gasteiger partial charge >= 0.3 is 0 Å². The maximum absolute atomic E-state index is 11.6. The first-order valence-corrected chi connectivity index (χ1v) is 4.61. The SMILES string of the molecule is Cc1c(N)ccc2c1C(=O)CCC2. The summed E-state index contributed by atoms with van der Waals surface area (Å²) in [6.07, 6.45) is 2.68. The van der Waals surface area contributed by atoms with E-state index in [4.69, 9.17) is 5.73 Å². The second-order valence-electron chi connectivity index (χ2n) is 3.59. The number of rotatable bonds is 0. The summed E-state index contributed by atoms with van der Waals surface area (Å²) in [5, 5.41) is 0. The number of carbonyl (C=O) groups is 1. The number of fused-ring (bicyclic) bond motifs is 1. The number of ketones is 1. The molecule has 0 unspecified atom stereocenters. The molecule has 0 aliphatic heterocycles. The molecule has 1 aromatic rings. The zero-order chi connectivity index (χ0) is 9.42. The van der Waals surface area contributed by atoms with Gasteiger partial charge in [-0.1, -0.05) is 6.07 Å². The Morgan fingerprint density at radius 1 is 1.31 bits per heavy atom. The molecule has 68 valence electrons. The van der Waals surface area contributed by atoms with Crippen LogP contribution in [0.1, 0.15) is 34.3 Å². The van der Waals surface area contributed by atoms with E-state index in [-0.39, 0.29) is 5.78 Å². The van der Waals surface area contributed by atoms with Crippen LogP contribution in [0.4, 0.5) is 5.69 Å². The van der Waals surface area contributed by atoms with Gasteiger partial charge in [-0.25, -0.2) is 0 Å². The Kier molecular flexibility index (Phi) is 1.83. The van der Waals surface area contributed by atoms with E-state index in [0.29, 0.717) is 6.42 Å². The molecule has 2 rings (SSSR count). The van der Waals surface area contributed by atoms with Crippen LogP contribution in [0.3, 0.4) is 0 Å². The smallest absolute Gasteiger partial charge is 0.163 e. The Bertz CT molecular complexity index is 369. The zero-order valence-electron chi connectivity index (χ0n) is 7.76. The lowest BCUT2D eigenvalue weighted by Gasteiger charge is -2.17. The van der Waals surface area contributed by atoms with Crippen molar-refractivity contribution in [3.63, 3.8) is 0 Å². The maximum Gasteiger partial charge on any atom is 0.163 e. The molecule has 1 aliphatic carbocycles. The molecular weight excluding hydrogens is 162 g/mol. The summed E-state index contributed by atoms with van der Waals surface area (Å²) >= 11 is 0. The number of benzene rings is 1. The van der Waals surface area contributed by atoms with Gasteiger partial charge in [-0.15, -0.1) is 0 Å². The van der Waals surface area contributed by atoms with Crippen molar-refractivity contribution in [2.45, 2.75) is 26.2 Å². The molecule has 0 spiro atoms. The van der Waals surface area contributed by atoms with E-state index in [0.717, 1.165) is 29.7 Å². The Balaban J connectivity index is 2.65. The van der Waals surface area contributed by atoms with E-state index < -0.39 is 0 Å². The highest BCUT2D eigenvalue weighted by Gasteiger charge is 2.19. The summed E-state index contributed by atoms with van der Waals surface area (Å²) < 4.78 is 0. The van der Waals surface area contributed by atoms with Crippen molar-refractivity contribution in [1.82, 2.24) is 0 Å². The number of nitrogen functional groups attached to an aromatic ring is 1. The standard InChI is InChI=1S/C11H13NO/c1-7-9(12)6-5-8-3-2-4-10(13)11(7)8/h5-6H,2-4,12H2,1H3. The number of aryl methyl sites for hydroxylation is 1.